The molecule has 2 aromatic rings. The predicted molar refractivity (Wildman–Crippen MR) is 67.6 cm³/mol. The average molecular weight is 265 g/mol. The van der Waals surface area contributed by atoms with Gasteiger partial charge < -0.3 is 0 Å². The fraction of sp³-hybridized carbons (Fsp3) is 0.182. The number of nitrogens with two attached hydrogens (primary N) is 1. The van der Waals surface area contributed by atoms with Crippen LogP contribution in [0.5, 0.6) is 0 Å². The Balaban J connectivity index is 2.33. The van der Waals surface area contributed by atoms with E-state index in [1.54, 1.807) is 0 Å². The van der Waals surface area contributed by atoms with Gasteiger partial charge in [0.05, 0.1) is 6.20 Å². The first kappa shape index (κ1) is 12.7. The number of aromatic nitrogens is 3. The quantitative estimate of drug-likeness (QED) is 0.502. The van der Waals surface area contributed by atoms with Crippen LogP contribution in [-0.4, -0.2) is 15.0 Å². The number of hydrogen-bond donors (Lipinski definition) is 2. The lowest BCUT2D eigenvalue weighted by molar-refractivity contribution is 0.580. The number of aryl methyl sites for hydroxylation is 2. The van der Waals surface area contributed by atoms with E-state index < -0.39 is 5.82 Å². The van der Waals surface area contributed by atoms with E-state index in [1.807, 2.05) is 26.0 Å². The Labute approximate surface area is 108 Å². The van der Waals surface area contributed by atoms with E-state index in [0.717, 1.165) is 29.2 Å². The maximum absolute atomic E-state index is 13.6. The van der Waals surface area contributed by atoms with Crippen LogP contribution in [0.2, 0.25) is 0 Å². The van der Waals surface area contributed by atoms with Crippen molar-refractivity contribution in [1.82, 2.24) is 15.0 Å². The number of nitrogens with one attached hydrogen (secondary N) is 1. The normalized spacial score (nSPS) is 10.4. The lowest BCUT2D eigenvalue weighted by Gasteiger charge is -2.05. The van der Waals surface area contributed by atoms with Crippen LogP contribution in [0.1, 0.15) is 11.3 Å². The molecule has 0 atom stereocenters. The van der Waals surface area contributed by atoms with Crippen LogP contribution >= 0.6 is 11.8 Å². The van der Waals surface area contributed by atoms with Crippen molar-refractivity contribution >= 4 is 17.7 Å². The number of nitrogen functional groups attached to an aromatic ring is 1. The molecule has 2 rings (SSSR count). The summed E-state index contributed by atoms with van der Waals surface area (Å²) in [5.41, 5.74) is 4.23. The van der Waals surface area contributed by atoms with Gasteiger partial charge in [-0.1, -0.05) is 0 Å². The highest BCUT2D eigenvalue weighted by molar-refractivity contribution is 7.99. The van der Waals surface area contributed by atoms with Gasteiger partial charge >= 0.3 is 0 Å². The van der Waals surface area contributed by atoms with Crippen LogP contribution in [0.3, 0.4) is 0 Å². The molecule has 0 aliphatic rings. The number of hydrazine groups is 1. The Morgan fingerprint density at radius 1 is 1.28 bits per heavy atom. The molecule has 18 heavy (non-hydrogen) atoms. The SMILES string of the molecule is Cc1cc(C)nc(Sc2nc(NN)ncc2F)c1. The second-order valence-corrected chi connectivity index (χ2v) is 4.73. The maximum Gasteiger partial charge on any atom is 0.238 e. The molecule has 94 valence electrons. The predicted octanol–water partition coefficient (Wildman–Crippen LogP) is 2.06. The molecular weight excluding hydrogens is 253 g/mol. The van der Waals surface area contributed by atoms with Crippen LogP contribution in [0.25, 0.3) is 0 Å². The number of rotatable bonds is 3. The zero-order valence-corrected chi connectivity index (χ0v) is 10.8. The fourth-order valence-corrected chi connectivity index (χ4v) is 2.36. The van der Waals surface area contributed by atoms with E-state index in [2.05, 4.69) is 20.4 Å². The molecule has 0 unspecified atom stereocenters. The largest absolute Gasteiger partial charge is 0.292 e. The molecule has 0 radical (unpaired) electrons. The van der Waals surface area contributed by atoms with Gasteiger partial charge in [0, 0.05) is 5.69 Å². The lowest BCUT2D eigenvalue weighted by atomic mass is 10.3. The van der Waals surface area contributed by atoms with Crippen LogP contribution in [0.15, 0.2) is 28.4 Å². The van der Waals surface area contributed by atoms with Gasteiger partial charge in [0.2, 0.25) is 5.95 Å². The average Bonchev–Trinajstić information content (AvgIpc) is 2.30. The zero-order chi connectivity index (χ0) is 13.1. The summed E-state index contributed by atoms with van der Waals surface area (Å²) in [4.78, 5) is 11.9. The summed E-state index contributed by atoms with van der Waals surface area (Å²) in [7, 11) is 0. The highest BCUT2D eigenvalue weighted by Gasteiger charge is 2.10. The van der Waals surface area contributed by atoms with Crippen molar-refractivity contribution in [2.75, 3.05) is 5.43 Å². The molecule has 5 nitrogen and oxygen atoms in total. The number of nitrogens with zero attached hydrogens (tertiary/aromatic N) is 3. The molecule has 0 bridgehead atoms. The summed E-state index contributed by atoms with van der Waals surface area (Å²) in [6, 6.07) is 3.82. The molecule has 0 aliphatic carbocycles. The molecule has 0 saturated carbocycles. The summed E-state index contributed by atoms with van der Waals surface area (Å²) in [5.74, 6) is 4.86. The standard InChI is InChI=1S/C11H12FN5S/c1-6-3-7(2)15-9(4-6)18-10-8(12)5-14-11(16-10)17-13/h3-5H,13H2,1-2H3,(H,14,16,17). The van der Waals surface area contributed by atoms with Crippen molar-refractivity contribution in [2.24, 2.45) is 5.84 Å². The van der Waals surface area contributed by atoms with Crippen LogP contribution in [0, 0.1) is 19.7 Å². The second-order valence-electron chi connectivity index (χ2n) is 3.72. The summed E-state index contributed by atoms with van der Waals surface area (Å²) in [6.45, 7) is 3.85. The van der Waals surface area contributed by atoms with E-state index in [4.69, 9.17) is 5.84 Å². The lowest BCUT2D eigenvalue weighted by Crippen LogP contribution is -2.11. The third-order valence-electron chi connectivity index (χ3n) is 2.12. The van der Waals surface area contributed by atoms with Crippen molar-refractivity contribution in [3.63, 3.8) is 0 Å². The smallest absolute Gasteiger partial charge is 0.238 e. The van der Waals surface area contributed by atoms with Gasteiger partial charge in [-0.2, -0.15) is 0 Å². The van der Waals surface area contributed by atoms with Crippen molar-refractivity contribution in [2.45, 2.75) is 23.9 Å². The minimum atomic E-state index is -0.500. The summed E-state index contributed by atoms with van der Waals surface area (Å²) < 4.78 is 13.6. The van der Waals surface area contributed by atoms with Crippen LogP contribution < -0.4 is 11.3 Å². The third-order valence-corrected chi connectivity index (χ3v) is 3.01. The number of pyridine rings is 1. The Morgan fingerprint density at radius 2 is 2.06 bits per heavy atom. The van der Waals surface area contributed by atoms with E-state index in [9.17, 15) is 4.39 Å². The van der Waals surface area contributed by atoms with Gasteiger partial charge in [-0.15, -0.1) is 0 Å². The minimum absolute atomic E-state index is 0.170. The molecule has 0 spiro atoms. The first-order valence-electron chi connectivity index (χ1n) is 5.21. The maximum atomic E-state index is 13.6. The highest BCUT2D eigenvalue weighted by Crippen LogP contribution is 2.27. The summed E-state index contributed by atoms with van der Waals surface area (Å²) >= 11 is 1.14. The van der Waals surface area contributed by atoms with Crippen molar-refractivity contribution < 1.29 is 4.39 Å². The summed E-state index contributed by atoms with van der Waals surface area (Å²) in [5, 5.41) is 0.878. The summed E-state index contributed by atoms with van der Waals surface area (Å²) in [6.07, 6.45) is 1.08. The van der Waals surface area contributed by atoms with Crippen molar-refractivity contribution in [3.05, 3.63) is 35.4 Å². The molecular formula is C11H12FN5S. The van der Waals surface area contributed by atoms with Gasteiger partial charge in [-0.25, -0.2) is 25.2 Å². The zero-order valence-electron chi connectivity index (χ0n) is 9.94. The van der Waals surface area contributed by atoms with Crippen molar-refractivity contribution in [3.8, 4) is 0 Å². The molecule has 0 fully saturated rings. The van der Waals surface area contributed by atoms with Gasteiger partial charge in [0.25, 0.3) is 0 Å². The van der Waals surface area contributed by atoms with Crippen LogP contribution in [-0.2, 0) is 0 Å². The molecule has 0 saturated heterocycles. The first-order valence-corrected chi connectivity index (χ1v) is 6.02. The Hall–Kier alpha value is -1.73. The number of halogens is 1. The van der Waals surface area contributed by atoms with Crippen molar-refractivity contribution in [1.29, 1.82) is 0 Å². The number of anilines is 1. The minimum Gasteiger partial charge on any atom is -0.292 e. The molecule has 2 aromatic heterocycles. The first-order chi connectivity index (χ1) is 8.58. The number of hydrogen-bond acceptors (Lipinski definition) is 6. The molecule has 7 heteroatoms. The van der Waals surface area contributed by atoms with Crippen LogP contribution in [0.4, 0.5) is 10.3 Å². The monoisotopic (exact) mass is 265 g/mol. The molecule has 2 heterocycles. The highest BCUT2D eigenvalue weighted by atomic mass is 32.2. The topological polar surface area (TPSA) is 76.7 Å². The van der Waals surface area contributed by atoms with Gasteiger partial charge in [0.15, 0.2) is 5.82 Å². The molecule has 0 aromatic carbocycles. The van der Waals surface area contributed by atoms with E-state index in [-0.39, 0.29) is 11.0 Å². The van der Waals surface area contributed by atoms with E-state index in [1.165, 1.54) is 0 Å². The van der Waals surface area contributed by atoms with Gasteiger partial charge in [-0.3, -0.25) is 5.43 Å². The molecule has 0 aliphatic heterocycles. The van der Waals surface area contributed by atoms with Gasteiger partial charge in [-0.05, 0) is 43.3 Å². The van der Waals surface area contributed by atoms with Gasteiger partial charge in [0.1, 0.15) is 10.1 Å². The molecule has 0 amide bonds. The van der Waals surface area contributed by atoms with E-state index in [0.29, 0.717) is 5.03 Å². The molecule has 3 N–H and O–H groups in total. The second kappa shape index (κ2) is 5.28. The Morgan fingerprint density at radius 3 is 2.72 bits per heavy atom. The van der Waals surface area contributed by atoms with E-state index >= 15 is 0 Å². The third kappa shape index (κ3) is 2.93. The Kier molecular flexibility index (Phi) is 3.73. The Bertz CT molecular complexity index is 555. The fourth-order valence-electron chi connectivity index (χ4n) is 1.45.